The molecule has 1 aliphatic heterocycles. The highest BCUT2D eigenvalue weighted by Gasteiger charge is 2.31. The maximum Gasteiger partial charge on any atom is 0.295 e. The molecule has 33 heavy (non-hydrogen) atoms. The quantitative estimate of drug-likeness (QED) is 0.111. The van der Waals surface area contributed by atoms with E-state index in [2.05, 4.69) is 15.6 Å². The van der Waals surface area contributed by atoms with Gasteiger partial charge in [-0.25, -0.2) is 15.8 Å². The van der Waals surface area contributed by atoms with Crippen LogP contribution < -0.4 is 17.1 Å². The van der Waals surface area contributed by atoms with Gasteiger partial charge in [0.05, 0.1) is 11.1 Å². The minimum absolute atomic E-state index is 0.0196. The van der Waals surface area contributed by atoms with E-state index in [1.54, 1.807) is 29.2 Å². The molecule has 1 fully saturated rings. The van der Waals surface area contributed by atoms with Gasteiger partial charge in [-0.15, -0.1) is 5.10 Å². The van der Waals surface area contributed by atoms with Gasteiger partial charge in [0.2, 0.25) is 0 Å². The number of hydrogen-bond acceptors (Lipinski definition) is 6. The number of nitrogens with two attached hydrogens (primary N) is 2. The van der Waals surface area contributed by atoms with Crippen molar-refractivity contribution in [3.05, 3.63) is 71.2 Å². The zero-order chi connectivity index (χ0) is 23.5. The maximum atomic E-state index is 14.6. The Kier molecular flexibility index (Phi) is 6.05. The lowest BCUT2D eigenvalue weighted by Crippen LogP contribution is -2.52. The number of halogens is 1. The summed E-state index contributed by atoms with van der Waals surface area (Å²) in [6.45, 7) is 0.971. The van der Waals surface area contributed by atoms with Gasteiger partial charge < -0.3 is 20.5 Å². The molecule has 4 rings (SSSR count). The monoisotopic (exact) mass is 451 g/mol. The lowest BCUT2D eigenvalue weighted by molar-refractivity contribution is -0.127. The number of H-pyrrole nitrogens is 1. The number of carbonyl (C=O) groups is 3. The smallest absolute Gasteiger partial charge is 0.295 e. The lowest BCUT2D eigenvalue weighted by Gasteiger charge is -2.34. The highest BCUT2D eigenvalue weighted by molar-refractivity contribution is 6.45. The molecule has 11 heteroatoms. The van der Waals surface area contributed by atoms with E-state index in [1.807, 2.05) is 6.07 Å². The number of fused-ring (bicyclic) bond motifs is 1. The van der Waals surface area contributed by atoms with Gasteiger partial charge >= 0.3 is 0 Å². The summed E-state index contributed by atoms with van der Waals surface area (Å²) < 4.78 is 14.6. The predicted octanol–water partition coefficient (Wildman–Crippen LogP) is 0.558. The van der Waals surface area contributed by atoms with E-state index in [4.69, 9.17) is 11.6 Å². The van der Waals surface area contributed by atoms with Gasteiger partial charge in [0, 0.05) is 48.9 Å². The number of amides is 2. The Morgan fingerprint density at radius 1 is 0.970 bits per heavy atom. The van der Waals surface area contributed by atoms with Gasteiger partial charge in [-0.05, 0) is 24.3 Å². The molecule has 6 N–H and O–H groups in total. The molecular weight excluding hydrogens is 429 g/mol. The second-order valence-corrected chi connectivity index (χ2v) is 7.45. The van der Waals surface area contributed by atoms with E-state index in [1.165, 1.54) is 17.2 Å². The number of piperazine rings is 1. The maximum absolute atomic E-state index is 14.6. The number of amidine groups is 1. The van der Waals surface area contributed by atoms with Crippen molar-refractivity contribution in [1.82, 2.24) is 20.3 Å². The second kappa shape index (κ2) is 9.09. The molecule has 1 aromatic heterocycles. The molecule has 1 saturated heterocycles. The first-order valence-electron chi connectivity index (χ1n) is 10.2. The molecule has 2 aromatic carbocycles. The second-order valence-electron chi connectivity index (χ2n) is 7.45. The fraction of sp³-hybridized carbons (Fsp3) is 0.182. The number of nitrogens with zero attached hydrogens (tertiary/aromatic N) is 3. The van der Waals surface area contributed by atoms with Crippen molar-refractivity contribution in [2.75, 3.05) is 26.2 Å². The number of hydrogen-bond donors (Lipinski definition) is 4. The van der Waals surface area contributed by atoms with Crippen molar-refractivity contribution >= 4 is 34.3 Å². The predicted molar refractivity (Wildman–Crippen MR) is 120 cm³/mol. The van der Waals surface area contributed by atoms with Crippen molar-refractivity contribution in [2.45, 2.75) is 0 Å². The zero-order valence-corrected chi connectivity index (χ0v) is 17.5. The minimum atomic E-state index is -0.854. The number of Topliss-reactive ketones (excluding diaryl/α,β-unsaturated/α-hetero) is 1. The third-order valence-corrected chi connectivity index (χ3v) is 5.56. The Bertz CT molecular complexity index is 1250. The first-order valence-corrected chi connectivity index (χ1v) is 10.2. The van der Waals surface area contributed by atoms with Gasteiger partial charge in [0.15, 0.2) is 5.84 Å². The molecule has 0 aliphatic carbocycles. The van der Waals surface area contributed by atoms with Crippen molar-refractivity contribution in [1.29, 1.82) is 0 Å². The van der Waals surface area contributed by atoms with Crippen molar-refractivity contribution in [2.24, 2.45) is 16.7 Å². The summed E-state index contributed by atoms with van der Waals surface area (Å²) in [6, 6.07) is 11.4. The van der Waals surface area contributed by atoms with E-state index in [9.17, 15) is 18.8 Å². The molecule has 3 aromatic rings. The van der Waals surface area contributed by atoms with Crippen molar-refractivity contribution in [3.63, 3.8) is 0 Å². The molecule has 0 spiro atoms. The average molecular weight is 451 g/mol. The normalized spacial score (nSPS) is 14.4. The Morgan fingerprint density at radius 3 is 2.30 bits per heavy atom. The van der Waals surface area contributed by atoms with Crippen LogP contribution in [0.5, 0.6) is 0 Å². The summed E-state index contributed by atoms with van der Waals surface area (Å²) in [7, 11) is 0. The number of ketones is 1. The third kappa shape index (κ3) is 4.13. The number of aromatic nitrogens is 1. The summed E-state index contributed by atoms with van der Waals surface area (Å²) >= 11 is 0. The van der Waals surface area contributed by atoms with Gasteiger partial charge in [-0.3, -0.25) is 14.4 Å². The molecule has 0 radical (unpaired) electrons. The standard InChI is InChI=1S/C22H22FN7O3/c23-16-7-6-14(20(24)27-28-25)18-17(16)15(12-26-18)19(31)22(33)30-10-8-29(9-11-30)21(32)13-4-2-1-3-5-13/h1-7,12,26,28H,8-11,25H2,(H2,24,27). The summed E-state index contributed by atoms with van der Waals surface area (Å²) in [6.07, 6.45) is 1.27. The summed E-state index contributed by atoms with van der Waals surface area (Å²) in [5.74, 6) is 2.69. The number of aromatic amines is 1. The van der Waals surface area contributed by atoms with E-state index in [0.717, 1.165) is 6.07 Å². The van der Waals surface area contributed by atoms with E-state index >= 15 is 0 Å². The van der Waals surface area contributed by atoms with Crippen LogP contribution in [0.25, 0.3) is 10.9 Å². The first-order chi connectivity index (χ1) is 15.9. The van der Waals surface area contributed by atoms with Crippen LogP contribution >= 0.6 is 0 Å². The van der Waals surface area contributed by atoms with Gasteiger partial charge in [0.1, 0.15) is 5.82 Å². The topological polar surface area (TPSA) is 150 Å². The van der Waals surface area contributed by atoms with Gasteiger partial charge in [0.25, 0.3) is 17.6 Å². The van der Waals surface area contributed by atoms with Crippen LogP contribution in [0.2, 0.25) is 0 Å². The lowest BCUT2D eigenvalue weighted by atomic mass is 10.0. The van der Waals surface area contributed by atoms with Crippen LogP contribution in [0.15, 0.2) is 53.8 Å². The Labute approximate surface area is 188 Å². The number of hydrazone groups is 1. The summed E-state index contributed by atoms with van der Waals surface area (Å²) in [5, 5.41) is 3.61. The Hall–Kier alpha value is -4.25. The van der Waals surface area contributed by atoms with Crippen LogP contribution in [0.3, 0.4) is 0 Å². The molecule has 0 saturated carbocycles. The molecule has 0 unspecified atom stereocenters. The highest BCUT2D eigenvalue weighted by atomic mass is 19.1. The fourth-order valence-electron chi connectivity index (χ4n) is 3.86. The molecule has 10 nitrogen and oxygen atoms in total. The molecule has 170 valence electrons. The van der Waals surface area contributed by atoms with Gasteiger partial charge in [-0.1, -0.05) is 18.2 Å². The Balaban J connectivity index is 1.51. The minimum Gasteiger partial charge on any atom is -0.382 e. The van der Waals surface area contributed by atoms with E-state index in [0.29, 0.717) is 11.1 Å². The van der Waals surface area contributed by atoms with Crippen molar-refractivity contribution < 1.29 is 18.8 Å². The fourth-order valence-corrected chi connectivity index (χ4v) is 3.86. The third-order valence-electron chi connectivity index (χ3n) is 5.56. The summed E-state index contributed by atoms with van der Waals surface area (Å²) in [4.78, 5) is 44.2. The average Bonchev–Trinajstić information content (AvgIpc) is 3.30. The Morgan fingerprint density at radius 2 is 1.64 bits per heavy atom. The largest absolute Gasteiger partial charge is 0.382 e. The van der Waals surface area contributed by atoms with Crippen LogP contribution in [0.4, 0.5) is 4.39 Å². The highest BCUT2D eigenvalue weighted by Crippen LogP contribution is 2.26. The van der Waals surface area contributed by atoms with Crippen LogP contribution in [-0.2, 0) is 4.79 Å². The van der Waals surface area contributed by atoms with Gasteiger partial charge in [-0.2, -0.15) is 0 Å². The van der Waals surface area contributed by atoms with Crippen LogP contribution in [-0.4, -0.2) is 64.4 Å². The molecule has 0 bridgehead atoms. The number of hydrazine groups is 1. The number of rotatable bonds is 5. The number of benzene rings is 2. The number of nitrogens with one attached hydrogen (secondary N) is 2. The van der Waals surface area contributed by atoms with Crippen LogP contribution in [0, 0.1) is 5.82 Å². The van der Waals surface area contributed by atoms with Crippen LogP contribution in [0.1, 0.15) is 26.3 Å². The molecule has 2 heterocycles. The van der Waals surface area contributed by atoms with Crippen molar-refractivity contribution in [3.8, 4) is 0 Å². The molecule has 2 amide bonds. The summed E-state index contributed by atoms with van der Waals surface area (Å²) in [5.41, 5.74) is 8.89. The first kappa shape index (κ1) is 22.0. The molecule has 1 aliphatic rings. The van der Waals surface area contributed by atoms with E-state index < -0.39 is 17.5 Å². The van der Waals surface area contributed by atoms with E-state index in [-0.39, 0.29) is 54.4 Å². The molecule has 0 atom stereocenters. The molecular formula is C22H22FN7O3. The number of carbonyl (C=O) groups excluding carboxylic acids is 3. The zero-order valence-electron chi connectivity index (χ0n) is 17.5. The SMILES string of the molecule is NN/N=C(\N)c1ccc(F)c2c(C(=O)C(=O)N3CCN(C(=O)c4ccccc4)CC3)c[nH]c12.